The van der Waals surface area contributed by atoms with E-state index in [1.807, 2.05) is 36.4 Å². The lowest BCUT2D eigenvalue weighted by molar-refractivity contribution is -0.136. The third kappa shape index (κ3) is 7.77. The Balaban J connectivity index is 1.27. The number of hydrogen-bond acceptors (Lipinski definition) is 6. The Morgan fingerprint density at radius 1 is 0.907 bits per heavy atom. The number of hydrogen-bond donors (Lipinski definition) is 3. The summed E-state index contributed by atoms with van der Waals surface area (Å²) in [4.78, 5) is 59.6. The fourth-order valence-corrected chi connectivity index (χ4v) is 5.60. The molecule has 3 heterocycles. The predicted molar refractivity (Wildman–Crippen MR) is 161 cm³/mol. The van der Waals surface area contributed by atoms with E-state index in [1.165, 1.54) is 0 Å². The first-order valence-electron chi connectivity index (χ1n) is 14.8. The van der Waals surface area contributed by atoms with Gasteiger partial charge in [-0.3, -0.25) is 24.2 Å². The topological polar surface area (TPSA) is 132 Å². The summed E-state index contributed by atoms with van der Waals surface area (Å²) >= 11 is 0. The second kappa shape index (κ2) is 14.0. The number of aromatic hydroxyl groups is 1. The maximum absolute atomic E-state index is 13.6. The molecule has 2 aromatic carbocycles. The van der Waals surface area contributed by atoms with Gasteiger partial charge in [0.15, 0.2) is 0 Å². The fourth-order valence-electron chi connectivity index (χ4n) is 5.60. The monoisotopic (exact) mass is 583 g/mol. The maximum Gasteiger partial charge on any atom is 0.251 e. The second-order valence-electron chi connectivity index (χ2n) is 11.1. The molecule has 43 heavy (non-hydrogen) atoms. The smallest absolute Gasteiger partial charge is 0.251 e. The molecule has 0 saturated carbocycles. The Kier molecular flexibility index (Phi) is 9.66. The number of rotatable bonds is 3. The number of carbonyl (C=O) groups is 4. The predicted octanol–water partition coefficient (Wildman–Crippen LogP) is 2.90. The van der Waals surface area contributed by atoms with Crippen LogP contribution in [0, 0.1) is 5.92 Å². The van der Waals surface area contributed by atoms with Gasteiger partial charge in [0.05, 0.1) is 18.2 Å². The molecule has 0 spiro atoms. The van der Waals surface area contributed by atoms with Crippen molar-refractivity contribution in [1.82, 2.24) is 25.4 Å². The molecule has 1 unspecified atom stereocenters. The molecule has 2 aliphatic rings. The highest BCUT2D eigenvalue weighted by molar-refractivity contribution is 5.95. The molecule has 1 aromatic heterocycles. The lowest BCUT2D eigenvalue weighted by Crippen LogP contribution is -2.40. The number of carbonyl (C=O) groups excluding carboxylic acids is 4. The number of pyridine rings is 1. The molecule has 1 atom stereocenters. The maximum atomic E-state index is 13.6. The van der Waals surface area contributed by atoms with E-state index in [0.29, 0.717) is 75.2 Å². The number of phenolic OH excluding ortho intramolecular Hbond substituents is 1. The summed E-state index contributed by atoms with van der Waals surface area (Å²) in [6, 6.07) is 18.0. The largest absolute Gasteiger partial charge is 0.507 e. The summed E-state index contributed by atoms with van der Waals surface area (Å²) in [7, 11) is 0. The molecule has 3 N–H and O–H groups in total. The van der Waals surface area contributed by atoms with Crippen LogP contribution in [0.4, 0.5) is 0 Å². The van der Waals surface area contributed by atoms with Crippen LogP contribution < -0.4 is 10.6 Å². The molecular formula is C33H37N5O5. The van der Waals surface area contributed by atoms with E-state index in [0.717, 1.165) is 11.3 Å². The third-order valence-corrected chi connectivity index (χ3v) is 7.91. The summed E-state index contributed by atoms with van der Waals surface area (Å²) in [6.07, 6.45) is 3.67. The molecule has 4 amide bonds. The van der Waals surface area contributed by atoms with Gasteiger partial charge in [0, 0.05) is 62.9 Å². The number of nitrogens with one attached hydrogen (secondary N) is 2. The molecule has 2 aliphatic heterocycles. The molecule has 0 radical (unpaired) electrons. The number of benzene rings is 2. The van der Waals surface area contributed by atoms with Crippen LogP contribution in [0.3, 0.4) is 0 Å². The van der Waals surface area contributed by atoms with Gasteiger partial charge in [0.25, 0.3) is 5.91 Å². The average Bonchev–Trinajstić information content (AvgIpc) is 3.38. The zero-order valence-corrected chi connectivity index (χ0v) is 24.1. The molecule has 10 heteroatoms. The molecule has 5 rings (SSSR count). The molecule has 3 aromatic rings. The van der Waals surface area contributed by atoms with Crippen LogP contribution in [0.5, 0.6) is 5.75 Å². The molecule has 1 fully saturated rings. The molecule has 4 bridgehead atoms. The summed E-state index contributed by atoms with van der Waals surface area (Å²) in [5.41, 5.74) is 3.52. The van der Waals surface area contributed by atoms with Crippen molar-refractivity contribution < 1.29 is 24.3 Å². The Morgan fingerprint density at radius 3 is 2.58 bits per heavy atom. The SMILES string of the molecule is O=C1CCCN(C(=O)C2CC(=O)N(Cc3ccccn3)C2)CCCNC(=O)c2cccc(c2)-c2cc(ccc2O)CCN1. The van der Waals surface area contributed by atoms with Crippen molar-refractivity contribution in [3.63, 3.8) is 0 Å². The van der Waals surface area contributed by atoms with Crippen LogP contribution in [0.15, 0.2) is 66.9 Å². The normalized spacial score (nSPS) is 18.7. The van der Waals surface area contributed by atoms with Gasteiger partial charge < -0.3 is 25.5 Å². The van der Waals surface area contributed by atoms with E-state index < -0.39 is 5.92 Å². The van der Waals surface area contributed by atoms with Crippen LogP contribution in [0.1, 0.15) is 47.3 Å². The van der Waals surface area contributed by atoms with Crippen LogP contribution in [-0.4, -0.2) is 76.2 Å². The first-order chi connectivity index (χ1) is 20.9. The minimum Gasteiger partial charge on any atom is -0.507 e. The minimum absolute atomic E-state index is 0.0753. The molecule has 10 nitrogen and oxygen atoms in total. The third-order valence-electron chi connectivity index (χ3n) is 7.91. The first kappa shape index (κ1) is 29.8. The Labute approximate surface area is 251 Å². The van der Waals surface area contributed by atoms with Crippen molar-refractivity contribution in [2.24, 2.45) is 5.92 Å². The number of nitrogens with zero attached hydrogens (tertiary/aromatic N) is 3. The lowest BCUT2D eigenvalue weighted by Gasteiger charge is -2.26. The Bertz CT molecular complexity index is 1480. The van der Waals surface area contributed by atoms with E-state index in [2.05, 4.69) is 15.6 Å². The van der Waals surface area contributed by atoms with Crippen LogP contribution in [-0.2, 0) is 27.3 Å². The highest BCUT2D eigenvalue weighted by atomic mass is 16.3. The lowest BCUT2D eigenvalue weighted by atomic mass is 9.98. The number of phenols is 1. The van der Waals surface area contributed by atoms with E-state index in [9.17, 15) is 24.3 Å². The number of aromatic nitrogens is 1. The standard InChI is InChI=1S/C33H37N5O5/c39-29-11-10-23-12-15-35-30(40)9-4-16-37(17-5-14-36-32(42)25-7-3-6-24(19-25)28(29)18-23)33(43)26-20-31(41)38(21-26)22-27-8-1-2-13-34-27/h1-3,6-8,10-11,13,18-19,26,39H,4-5,9,12,14-17,20-22H2,(H,35,40)(H,36,42). The van der Waals surface area contributed by atoms with Gasteiger partial charge in [-0.25, -0.2) is 0 Å². The summed E-state index contributed by atoms with van der Waals surface area (Å²) in [6.45, 7) is 2.25. The average molecular weight is 584 g/mol. The van der Waals surface area contributed by atoms with Crippen molar-refractivity contribution in [3.8, 4) is 16.9 Å². The highest BCUT2D eigenvalue weighted by Crippen LogP contribution is 2.31. The van der Waals surface area contributed by atoms with Gasteiger partial charge in [0.2, 0.25) is 17.7 Å². The van der Waals surface area contributed by atoms with Gasteiger partial charge in [-0.1, -0.05) is 24.3 Å². The van der Waals surface area contributed by atoms with E-state index in [1.54, 1.807) is 40.3 Å². The minimum atomic E-state index is -0.463. The summed E-state index contributed by atoms with van der Waals surface area (Å²) < 4.78 is 0. The van der Waals surface area contributed by atoms with Crippen LogP contribution >= 0.6 is 0 Å². The van der Waals surface area contributed by atoms with E-state index in [-0.39, 0.29) is 42.2 Å². The molecule has 224 valence electrons. The fraction of sp³-hybridized carbons (Fsp3) is 0.364. The van der Waals surface area contributed by atoms with Crippen molar-refractivity contribution in [3.05, 3.63) is 83.7 Å². The molecule has 0 aliphatic carbocycles. The highest BCUT2D eigenvalue weighted by Gasteiger charge is 2.36. The number of likely N-dealkylation sites (tertiary alicyclic amines) is 1. The zero-order chi connectivity index (χ0) is 30.2. The first-order valence-corrected chi connectivity index (χ1v) is 14.8. The zero-order valence-electron chi connectivity index (χ0n) is 24.1. The quantitative estimate of drug-likeness (QED) is 0.435. The number of fused-ring (bicyclic) bond motifs is 5. The summed E-state index contributed by atoms with van der Waals surface area (Å²) in [5.74, 6) is -0.869. The van der Waals surface area contributed by atoms with Gasteiger partial charge in [-0.2, -0.15) is 0 Å². The van der Waals surface area contributed by atoms with Crippen LogP contribution in [0.2, 0.25) is 0 Å². The van der Waals surface area contributed by atoms with Gasteiger partial charge in [-0.15, -0.1) is 0 Å². The number of amides is 4. The van der Waals surface area contributed by atoms with Crippen LogP contribution in [0.25, 0.3) is 11.1 Å². The van der Waals surface area contributed by atoms with E-state index >= 15 is 0 Å². The summed E-state index contributed by atoms with van der Waals surface area (Å²) in [5, 5.41) is 16.4. The van der Waals surface area contributed by atoms with Gasteiger partial charge in [-0.05, 0) is 66.8 Å². The molecular weight excluding hydrogens is 546 g/mol. The van der Waals surface area contributed by atoms with Crippen molar-refractivity contribution in [2.45, 2.75) is 38.6 Å². The second-order valence-corrected chi connectivity index (χ2v) is 11.1. The van der Waals surface area contributed by atoms with E-state index in [4.69, 9.17) is 0 Å². The van der Waals surface area contributed by atoms with Crippen molar-refractivity contribution >= 4 is 23.6 Å². The Morgan fingerprint density at radius 2 is 1.74 bits per heavy atom. The van der Waals surface area contributed by atoms with Gasteiger partial charge in [0.1, 0.15) is 5.75 Å². The van der Waals surface area contributed by atoms with Crippen molar-refractivity contribution in [1.29, 1.82) is 0 Å². The molecule has 1 saturated heterocycles. The Hall–Kier alpha value is -4.73. The van der Waals surface area contributed by atoms with Crippen molar-refractivity contribution in [2.75, 3.05) is 32.7 Å². The van der Waals surface area contributed by atoms with Gasteiger partial charge >= 0.3 is 0 Å².